The van der Waals surface area contributed by atoms with Crippen LogP contribution in [-0.4, -0.2) is 27.0 Å². The smallest absolute Gasteiger partial charge is 0.327 e. The third-order valence-corrected chi connectivity index (χ3v) is 2.12. The van der Waals surface area contributed by atoms with Gasteiger partial charge in [-0.25, -0.2) is 9.78 Å². The van der Waals surface area contributed by atoms with Crippen molar-refractivity contribution in [1.29, 1.82) is 5.26 Å². The predicted molar refractivity (Wildman–Crippen MR) is 64.1 cm³/mol. The molecule has 0 aliphatic rings. The monoisotopic (exact) mass is 260 g/mol. The first kappa shape index (κ1) is 13.9. The number of carboxylic acid groups (broad SMARTS) is 1. The number of anilines is 1. The molecule has 0 aliphatic heterocycles. The maximum Gasteiger partial charge on any atom is 0.327 e. The van der Waals surface area contributed by atoms with Gasteiger partial charge >= 0.3 is 11.7 Å². The average molecular weight is 260 g/mol. The third kappa shape index (κ3) is 3.41. The van der Waals surface area contributed by atoms with Gasteiger partial charge in [-0.15, -0.1) is 12.3 Å². The molecular weight excluding hydrogens is 252 g/mol. The molecular formula is C11H8N4O4. The summed E-state index contributed by atoms with van der Waals surface area (Å²) in [5.41, 5.74) is -0.483. The van der Waals surface area contributed by atoms with Crippen molar-refractivity contribution in [2.24, 2.45) is 0 Å². The number of carbonyl (C=O) groups is 1. The molecule has 0 spiro atoms. The van der Waals surface area contributed by atoms with Crippen LogP contribution in [0.5, 0.6) is 0 Å². The Morgan fingerprint density at radius 1 is 1.74 bits per heavy atom. The van der Waals surface area contributed by atoms with E-state index < -0.39 is 22.6 Å². The minimum absolute atomic E-state index is 0.000995. The molecule has 2 N–H and O–H groups in total. The molecule has 1 aromatic rings. The van der Waals surface area contributed by atoms with E-state index in [-0.39, 0.29) is 17.8 Å². The number of nitrogens with zero attached hydrogens (tertiary/aromatic N) is 3. The van der Waals surface area contributed by atoms with Gasteiger partial charge < -0.3 is 10.4 Å². The fourth-order valence-electron chi connectivity index (χ4n) is 1.25. The molecule has 0 fully saturated rings. The van der Waals surface area contributed by atoms with Crippen LogP contribution >= 0.6 is 0 Å². The SMILES string of the molecule is C#CCC(Nc1ncc(C#N)cc1[N+](=O)[O-])C(=O)O. The molecule has 0 amide bonds. The van der Waals surface area contributed by atoms with Crippen LogP contribution in [0.15, 0.2) is 12.3 Å². The first-order valence-corrected chi connectivity index (χ1v) is 4.97. The molecule has 0 saturated carbocycles. The van der Waals surface area contributed by atoms with Gasteiger partial charge in [0, 0.05) is 18.7 Å². The molecule has 0 saturated heterocycles. The highest BCUT2D eigenvalue weighted by atomic mass is 16.6. The number of hydrogen-bond donors (Lipinski definition) is 2. The number of rotatable bonds is 5. The molecule has 8 nitrogen and oxygen atoms in total. The van der Waals surface area contributed by atoms with Gasteiger partial charge in [0.25, 0.3) is 0 Å². The summed E-state index contributed by atoms with van der Waals surface area (Å²) in [6.45, 7) is 0. The van der Waals surface area contributed by atoms with Crippen molar-refractivity contribution in [1.82, 2.24) is 4.98 Å². The van der Waals surface area contributed by atoms with Crippen molar-refractivity contribution < 1.29 is 14.8 Å². The van der Waals surface area contributed by atoms with Crippen molar-refractivity contribution >= 4 is 17.5 Å². The zero-order chi connectivity index (χ0) is 14.4. The Hall–Kier alpha value is -3.13. The van der Waals surface area contributed by atoms with Crippen LogP contribution in [0.2, 0.25) is 0 Å². The van der Waals surface area contributed by atoms with Crippen LogP contribution in [0, 0.1) is 33.8 Å². The summed E-state index contributed by atoms with van der Waals surface area (Å²) in [6.07, 6.45) is 5.96. The highest BCUT2D eigenvalue weighted by Crippen LogP contribution is 2.23. The lowest BCUT2D eigenvalue weighted by molar-refractivity contribution is -0.384. The molecule has 0 aliphatic carbocycles. The lowest BCUT2D eigenvalue weighted by atomic mass is 10.2. The summed E-state index contributed by atoms with van der Waals surface area (Å²) >= 11 is 0. The van der Waals surface area contributed by atoms with E-state index in [1.165, 1.54) is 0 Å². The molecule has 1 aromatic heterocycles. The van der Waals surface area contributed by atoms with Gasteiger partial charge in [0.15, 0.2) is 0 Å². The van der Waals surface area contributed by atoms with Gasteiger partial charge in [-0.1, -0.05) is 0 Å². The Labute approximate surface area is 107 Å². The van der Waals surface area contributed by atoms with Crippen LogP contribution in [0.25, 0.3) is 0 Å². The van der Waals surface area contributed by atoms with Crippen molar-refractivity contribution in [2.45, 2.75) is 12.5 Å². The van der Waals surface area contributed by atoms with Gasteiger partial charge in [0.1, 0.15) is 12.1 Å². The van der Waals surface area contributed by atoms with E-state index in [0.29, 0.717) is 0 Å². The number of hydrogen-bond acceptors (Lipinski definition) is 6. The van der Waals surface area contributed by atoms with E-state index in [0.717, 1.165) is 12.3 Å². The number of carboxylic acids is 1. The highest BCUT2D eigenvalue weighted by Gasteiger charge is 2.23. The zero-order valence-corrected chi connectivity index (χ0v) is 9.53. The van der Waals surface area contributed by atoms with E-state index in [2.05, 4.69) is 16.2 Å². The number of nitrogens with one attached hydrogen (secondary N) is 1. The number of aliphatic carboxylic acids is 1. The number of nitro groups is 1. The van der Waals surface area contributed by atoms with Crippen molar-refractivity contribution in [3.05, 3.63) is 27.9 Å². The van der Waals surface area contributed by atoms with E-state index in [9.17, 15) is 14.9 Å². The van der Waals surface area contributed by atoms with Crippen LogP contribution in [0.1, 0.15) is 12.0 Å². The second kappa shape index (κ2) is 5.98. The predicted octanol–water partition coefficient (Wildman–Crippen LogP) is 0.750. The summed E-state index contributed by atoms with van der Waals surface area (Å²) in [6, 6.07) is 1.52. The van der Waals surface area contributed by atoms with Crippen molar-refractivity contribution in [3.63, 3.8) is 0 Å². The fraction of sp³-hybridized carbons (Fsp3) is 0.182. The number of pyridine rings is 1. The van der Waals surface area contributed by atoms with Crippen molar-refractivity contribution in [2.75, 3.05) is 5.32 Å². The van der Waals surface area contributed by atoms with Gasteiger partial charge in [-0.05, 0) is 0 Å². The molecule has 1 rings (SSSR count). The van der Waals surface area contributed by atoms with Gasteiger partial charge in [-0.2, -0.15) is 5.26 Å². The summed E-state index contributed by atoms with van der Waals surface area (Å²) in [5, 5.41) is 30.7. The van der Waals surface area contributed by atoms with Gasteiger partial charge in [0.2, 0.25) is 5.82 Å². The summed E-state index contributed by atoms with van der Waals surface area (Å²) < 4.78 is 0. The summed E-state index contributed by atoms with van der Waals surface area (Å²) in [4.78, 5) is 24.6. The largest absolute Gasteiger partial charge is 0.480 e. The Balaban J connectivity index is 3.13. The van der Waals surface area contributed by atoms with Crippen LogP contribution in [0.4, 0.5) is 11.5 Å². The fourth-order valence-corrected chi connectivity index (χ4v) is 1.25. The maximum atomic E-state index is 10.9. The Kier molecular flexibility index (Phi) is 4.39. The molecule has 19 heavy (non-hydrogen) atoms. The second-order valence-corrected chi connectivity index (χ2v) is 3.40. The minimum Gasteiger partial charge on any atom is -0.480 e. The second-order valence-electron chi connectivity index (χ2n) is 3.40. The lowest BCUT2D eigenvalue weighted by Crippen LogP contribution is -2.29. The average Bonchev–Trinajstić information content (AvgIpc) is 2.38. The standard InChI is InChI=1S/C11H8N4O4/c1-2-3-8(11(16)17)14-10-9(15(18)19)4-7(5-12)6-13-10/h1,4,6,8H,3H2,(H,13,14)(H,16,17). The van der Waals surface area contributed by atoms with E-state index in [1.807, 2.05) is 0 Å². The summed E-state index contributed by atoms with van der Waals surface area (Å²) in [5.74, 6) is 0.652. The molecule has 0 aromatic carbocycles. The molecule has 96 valence electrons. The molecule has 1 atom stereocenters. The first-order valence-electron chi connectivity index (χ1n) is 4.97. The zero-order valence-electron chi connectivity index (χ0n) is 9.53. The molecule has 0 bridgehead atoms. The van der Waals surface area contributed by atoms with Crippen LogP contribution in [0.3, 0.4) is 0 Å². The number of aromatic nitrogens is 1. The van der Waals surface area contributed by atoms with Crippen molar-refractivity contribution in [3.8, 4) is 18.4 Å². The van der Waals surface area contributed by atoms with Gasteiger partial charge in [0.05, 0.1) is 10.5 Å². The molecule has 8 heteroatoms. The Bertz CT molecular complexity index is 600. The number of terminal acetylenes is 1. The molecule has 1 heterocycles. The topological polar surface area (TPSA) is 129 Å². The Morgan fingerprint density at radius 2 is 2.42 bits per heavy atom. The third-order valence-electron chi connectivity index (χ3n) is 2.12. The highest BCUT2D eigenvalue weighted by molar-refractivity contribution is 5.78. The summed E-state index contributed by atoms with van der Waals surface area (Å²) in [7, 11) is 0. The van der Waals surface area contributed by atoms with E-state index >= 15 is 0 Å². The van der Waals surface area contributed by atoms with Crippen LogP contribution < -0.4 is 5.32 Å². The normalized spacial score (nSPS) is 10.8. The van der Waals surface area contributed by atoms with Gasteiger partial charge in [-0.3, -0.25) is 10.1 Å². The van der Waals surface area contributed by atoms with Crippen LogP contribution in [-0.2, 0) is 4.79 Å². The Morgan fingerprint density at radius 3 is 2.89 bits per heavy atom. The maximum absolute atomic E-state index is 10.9. The minimum atomic E-state index is -1.25. The van der Waals surface area contributed by atoms with E-state index in [1.54, 1.807) is 6.07 Å². The first-order chi connectivity index (χ1) is 8.99. The molecule has 0 radical (unpaired) electrons. The number of nitriles is 1. The molecule has 1 unspecified atom stereocenters. The quantitative estimate of drug-likeness (QED) is 0.454. The lowest BCUT2D eigenvalue weighted by Gasteiger charge is -2.12. The van der Waals surface area contributed by atoms with E-state index in [4.69, 9.17) is 16.8 Å².